The fourth-order valence-electron chi connectivity index (χ4n) is 0.815. The summed E-state index contributed by atoms with van der Waals surface area (Å²) in [6, 6.07) is 0. The lowest BCUT2D eigenvalue weighted by atomic mass is 10.1. The monoisotopic (exact) mass is 164 g/mol. The molecule has 0 amide bonds. The van der Waals surface area contributed by atoms with E-state index in [2.05, 4.69) is 18.6 Å². The third kappa shape index (κ3) is 4.76. The van der Waals surface area contributed by atoms with Crippen molar-refractivity contribution in [2.75, 3.05) is 7.11 Å². The standard InChI is InChI=1S/C11H16O/c1-5-10(3)8-7-9-11(6-2)12-4/h2,5,8,11H,1,7,9H2,3-4H3/b10-8-/t11-/m1/s1. The van der Waals surface area contributed by atoms with E-state index in [-0.39, 0.29) is 6.10 Å². The van der Waals surface area contributed by atoms with Crippen molar-refractivity contribution >= 4 is 0 Å². The molecule has 12 heavy (non-hydrogen) atoms. The van der Waals surface area contributed by atoms with Gasteiger partial charge in [0.05, 0.1) is 0 Å². The summed E-state index contributed by atoms with van der Waals surface area (Å²) in [6.07, 6.45) is 10.9. The van der Waals surface area contributed by atoms with Gasteiger partial charge in [-0.3, -0.25) is 0 Å². The third-order valence-electron chi connectivity index (χ3n) is 1.69. The highest BCUT2D eigenvalue weighted by atomic mass is 16.5. The molecule has 1 atom stereocenters. The molecule has 1 nitrogen and oxygen atoms in total. The molecular weight excluding hydrogens is 148 g/mol. The lowest BCUT2D eigenvalue weighted by Gasteiger charge is -2.05. The van der Waals surface area contributed by atoms with Gasteiger partial charge in [0, 0.05) is 7.11 Å². The van der Waals surface area contributed by atoms with Crippen LogP contribution in [0, 0.1) is 12.3 Å². The Kier molecular flexibility index (Phi) is 6.14. The first-order valence-electron chi connectivity index (χ1n) is 4.02. The van der Waals surface area contributed by atoms with Crippen molar-refractivity contribution in [3.05, 3.63) is 24.3 Å². The molecule has 0 fully saturated rings. The molecule has 0 bridgehead atoms. The molecular formula is C11H16O. The molecule has 0 aromatic carbocycles. The van der Waals surface area contributed by atoms with Gasteiger partial charge in [0.1, 0.15) is 6.10 Å². The van der Waals surface area contributed by atoms with E-state index in [0.717, 1.165) is 12.8 Å². The maximum atomic E-state index is 5.22. The predicted molar refractivity (Wildman–Crippen MR) is 52.8 cm³/mol. The lowest BCUT2D eigenvalue weighted by molar-refractivity contribution is 0.142. The first kappa shape index (κ1) is 11.0. The van der Waals surface area contributed by atoms with E-state index in [0.29, 0.717) is 0 Å². The molecule has 0 radical (unpaired) electrons. The number of methoxy groups -OCH3 is 1. The zero-order valence-corrected chi connectivity index (χ0v) is 7.84. The molecule has 0 aliphatic rings. The summed E-state index contributed by atoms with van der Waals surface area (Å²) >= 11 is 0. The second-order valence-electron chi connectivity index (χ2n) is 2.62. The Balaban J connectivity index is 3.69. The summed E-state index contributed by atoms with van der Waals surface area (Å²) in [4.78, 5) is 0. The van der Waals surface area contributed by atoms with Gasteiger partial charge in [-0.05, 0) is 19.8 Å². The molecule has 0 aromatic rings. The van der Waals surface area contributed by atoms with E-state index in [1.807, 2.05) is 13.0 Å². The number of hydrogen-bond donors (Lipinski definition) is 0. The summed E-state index contributed by atoms with van der Waals surface area (Å²) in [6.45, 7) is 5.68. The Bertz CT molecular complexity index is 196. The van der Waals surface area contributed by atoms with Gasteiger partial charge < -0.3 is 4.74 Å². The van der Waals surface area contributed by atoms with E-state index < -0.39 is 0 Å². The molecule has 0 saturated heterocycles. The smallest absolute Gasteiger partial charge is 0.117 e. The summed E-state index contributed by atoms with van der Waals surface area (Å²) < 4.78 is 5.02. The van der Waals surface area contributed by atoms with Crippen molar-refractivity contribution in [2.24, 2.45) is 0 Å². The second kappa shape index (κ2) is 6.69. The number of allylic oxidation sites excluding steroid dienone is 3. The Labute approximate surface area is 75.1 Å². The van der Waals surface area contributed by atoms with Gasteiger partial charge in [-0.25, -0.2) is 0 Å². The largest absolute Gasteiger partial charge is 0.369 e. The Morgan fingerprint density at radius 3 is 2.83 bits per heavy atom. The van der Waals surface area contributed by atoms with Gasteiger partial charge in [-0.15, -0.1) is 6.42 Å². The van der Waals surface area contributed by atoms with E-state index >= 15 is 0 Å². The van der Waals surface area contributed by atoms with Crippen molar-refractivity contribution in [2.45, 2.75) is 25.9 Å². The normalized spacial score (nSPS) is 13.6. The number of terminal acetylenes is 1. The quantitative estimate of drug-likeness (QED) is 0.448. The fraction of sp³-hybridized carbons (Fsp3) is 0.455. The average Bonchev–Trinajstić information content (AvgIpc) is 2.12. The number of rotatable bonds is 5. The van der Waals surface area contributed by atoms with Crippen LogP contribution in [0.5, 0.6) is 0 Å². The average molecular weight is 164 g/mol. The van der Waals surface area contributed by atoms with Crippen LogP contribution >= 0.6 is 0 Å². The van der Waals surface area contributed by atoms with Gasteiger partial charge in [-0.2, -0.15) is 0 Å². The highest BCUT2D eigenvalue weighted by Crippen LogP contribution is 2.03. The van der Waals surface area contributed by atoms with E-state index in [4.69, 9.17) is 11.2 Å². The van der Waals surface area contributed by atoms with Crippen LogP contribution in [0.4, 0.5) is 0 Å². The first-order chi connectivity index (χ1) is 5.74. The summed E-state index contributed by atoms with van der Waals surface area (Å²) in [5.41, 5.74) is 1.18. The molecule has 1 heteroatoms. The zero-order chi connectivity index (χ0) is 9.40. The van der Waals surface area contributed by atoms with Crippen LogP contribution in [0.1, 0.15) is 19.8 Å². The molecule has 0 N–H and O–H groups in total. The van der Waals surface area contributed by atoms with Crippen molar-refractivity contribution in [3.8, 4) is 12.3 Å². The van der Waals surface area contributed by atoms with Gasteiger partial charge in [0.2, 0.25) is 0 Å². The molecule has 0 aliphatic carbocycles. The molecule has 0 aliphatic heterocycles. The summed E-state index contributed by atoms with van der Waals surface area (Å²) in [5, 5.41) is 0. The number of ether oxygens (including phenoxy) is 1. The predicted octanol–water partition coefficient (Wildman–Crippen LogP) is 2.55. The van der Waals surface area contributed by atoms with Gasteiger partial charge in [-0.1, -0.05) is 30.2 Å². The highest BCUT2D eigenvalue weighted by Gasteiger charge is 1.99. The van der Waals surface area contributed by atoms with E-state index in [9.17, 15) is 0 Å². The SMILES string of the molecule is C#C[C@H](CC/C=C(/C)C=C)OC. The highest BCUT2D eigenvalue weighted by molar-refractivity contribution is 5.12. The Morgan fingerprint density at radius 1 is 1.75 bits per heavy atom. The Hall–Kier alpha value is -1.00. The summed E-state index contributed by atoms with van der Waals surface area (Å²) in [5.74, 6) is 2.57. The van der Waals surface area contributed by atoms with Crippen LogP contribution in [0.25, 0.3) is 0 Å². The molecule has 0 heterocycles. The fourth-order valence-corrected chi connectivity index (χ4v) is 0.815. The molecule has 0 rings (SSSR count). The van der Waals surface area contributed by atoms with Crippen LogP contribution < -0.4 is 0 Å². The van der Waals surface area contributed by atoms with Crippen LogP contribution in [0.2, 0.25) is 0 Å². The maximum Gasteiger partial charge on any atom is 0.117 e. The Morgan fingerprint density at radius 2 is 2.42 bits per heavy atom. The molecule has 0 saturated carbocycles. The van der Waals surface area contributed by atoms with E-state index in [1.54, 1.807) is 7.11 Å². The van der Waals surface area contributed by atoms with Gasteiger partial charge in [0.25, 0.3) is 0 Å². The van der Waals surface area contributed by atoms with Crippen LogP contribution in [-0.2, 0) is 4.74 Å². The molecule has 0 aromatic heterocycles. The van der Waals surface area contributed by atoms with Crippen LogP contribution in [0.3, 0.4) is 0 Å². The number of hydrogen-bond acceptors (Lipinski definition) is 1. The summed E-state index contributed by atoms with van der Waals surface area (Å²) in [7, 11) is 1.63. The molecule has 0 spiro atoms. The minimum atomic E-state index is -0.0566. The van der Waals surface area contributed by atoms with E-state index in [1.165, 1.54) is 5.57 Å². The minimum Gasteiger partial charge on any atom is -0.369 e. The zero-order valence-electron chi connectivity index (χ0n) is 7.84. The third-order valence-corrected chi connectivity index (χ3v) is 1.69. The maximum absolute atomic E-state index is 5.22. The lowest BCUT2D eigenvalue weighted by Crippen LogP contribution is -2.05. The second-order valence-corrected chi connectivity index (χ2v) is 2.62. The van der Waals surface area contributed by atoms with Crippen molar-refractivity contribution in [1.29, 1.82) is 0 Å². The van der Waals surface area contributed by atoms with Crippen molar-refractivity contribution in [3.63, 3.8) is 0 Å². The van der Waals surface area contributed by atoms with Gasteiger partial charge >= 0.3 is 0 Å². The first-order valence-corrected chi connectivity index (χ1v) is 4.02. The van der Waals surface area contributed by atoms with Crippen molar-refractivity contribution in [1.82, 2.24) is 0 Å². The topological polar surface area (TPSA) is 9.23 Å². The van der Waals surface area contributed by atoms with Crippen LogP contribution in [0.15, 0.2) is 24.3 Å². The minimum absolute atomic E-state index is 0.0566. The van der Waals surface area contributed by atoms with Crippen LogP contribution in [-0.4, -0.2) is 13.2 Å². The van der Waals surface area contributed by atoms with Gasteiger partial charge in [0.15, 0.2) is 0 Å². The molecule has 0 unspecified atom stereocenters. The molecule has 66 valence electrons. The van der Waals surface area contributed by atoms with Crippen molar-refractivity contribution < 1.29 is 4.74 Å².